The molecule has 4 aliphatic heterocycles. The van der Waals surface area contributed by atoms with Crippen molar-refractivity contribution in [1.29, 1.82) is 0 Å². The van der Waals surface area contributed by atoms with Gasteiger partial charge in [-0.05, 0) is 51.1 Å². The van der Waals surface area contributed by atoms with Crippen molar-refractivity contribution in [2.45, 2.75) is 52.4 Å². The van der Waals surface area contributed by atoms with Crippen molar-refractivity contribution < 1.29 is 9.47 Å². The fraction of sp³-hybridized carbons (Fsp3) is 1.00. The van der Waals surface area contributed by atoms with E-state index in [0.717, 1.165) is 26.4 Å². The first-order chi connectivity index (χ1) is 11.1. The molecule has 4 aliphatic rings. The third-order valence-electron chi connectivity index (χ3n) is 5.65. The van der Waals surface area contributed by atoms with E-state index in [4.69, 9.17) is 9.47 Å². The monoisotopic (exact) mass is 326 g/mol. The van der Waals surface area contributed by atoms with Gasteiger partial charge in [0.2, 0.25) is 0 Å². The van der Waals surface area contributed by atoms with Gasteiger partial charge >= 0.3 is 0 Å². The third kappa shape index (κ3) is 5.70. The highest BCUT2D eigenvalue weighted by atomic mass is 16.5. The Balaban J connectivity index is 0.000000143. The number of nitrogens with zero attached hydrogens (tertiary/aromatic N) is 1. The molecular weight excluding hydrogens is 288 g/mol. The van der Waals surface area contributed by atoms with Gasteiger partial charge < -0.3 is 19.7 Å². The average Bonchev–Trinajstić information content (AvgIpc) is 2.97. The molecule has 4 heterocycles. The van der Waals surface area contributed by atoms with Crippen LogP contribution in [0, 0.1) is 10.8 Å². The maximum Gasteiger partial charge on any atom is 0.0472 e. The Morgan fingerprint density at radius 3 is 1.70 bits per heavy atom. The third-order valence-corrected chi connectivity index (χ3v) is 5.65. The lowest BCUT2D eigenvalue weighted by atomic mass is 9.74. The standard InChI is InChI=1S/2C8H15NO.C3H8/c1-9-6-8(7-9)2-4-10-5-3-8;1-4-9-7-8(1)2-5-10-6-3-8;1-3-2/h2-7H2,1H3;9H,1-7H2;3H2,1-2H3. The number of likely N-dealkylation sites (tertiary alicyclic amines) is 1. The minimum absolute atomic E-state index is 0.637. The van der Waals surface area contributed by atoms with Crippen molar-refractivity contribution in [3.63, 3.8) is 0 Å². The maximum atomic E-state index is 5.33. The van der Waals surface area contributed by atoms with Crippen molar-refractivity contribution in [2.75, 3.05) is 59.7 Å². The smallest absolute Gasteiger partial charge is 0.0472 e. The van der Waals surface area contributed by atoms with Gasteiger partial charge in [0, 0.05) is 51.5 Å². The second-order valence-electron chi connectivity index (χ2n) is 8.03. The molecule has 0 atom stereocenters. The van der Waals surface area contributed by atoms with Crippen LogP contribution < -0.4 is 5.32 Å². The van der Waals surface area contributed by atoms with Gasteiger partial charge in [0.05, 0.1) is 0 Å². The first-order valence-corrected chi connectivity index (χ1v) is 9.68. The maximum absolute atomic E-state index is 5.33. The molecule has 4 heteroatoms. The molecular formula is C19H38N2O2. The van der Waals surface area contributed by atoms with Crippen molar-refractivity contribution in [3.8, 4) is 0 Å². The summed E-state index contributed by atoms with van der Waals surface area (Å²) in [6.07, 6.45) is 7.75. The normalized spacial score (nSPS) is 28.3. The summed E-state index contributed by atoms with van der Waals surface area (Å²) >= 11 is 0. The number of hydrogen-bond donors (Lipinski definition) is 1. The summed E-state index contributed by atoms with van der Waals surface area (Å²) in [5.41, 5.74) is 1.31. The van der Waals surface area contributed by atoms with Crippen LogP contribution in [-0.4, -0.2) is 64.6 Å². The van der Waals surface area contributed by atoms with Crippen molar-refractivity contribution in [3.05, 3.63) is 0 Å². The minimum atomic E-state index is 0.637. The molecule has 4 nitrogen and oxygen atoms in total. The molecule has 1 N–H and O–H groups in total. The Bertz CT molecular complexity index is 300. The van der Waals surface area contributed by atoms with E-state index in [2.05, 4.69) is 31.1 Å². The average molecular weight is 327 g/mol. The highest BCUT2D eigenvalue weighted by Gasteiger charge is 2.41. The van der Waals surface area contributed by atoms with Crippen molar-refractivity contribution in [1.82, 2.24) is 10.2 Å². The Kier molecular flexibility index (Phi) is 7.80. The van der Waals surface area contributed by atoms with E-state index in [1.807, 2.05) is 0 Å². The first-order valence-electron chi connectivity index (χ1n) is 9.68. The molecule has 4 rings (SSSR count). The summed E-state index contributed by atoms with van der Waals surface area (Å²) in [4.78, 5) is 2.39. The zero-order chi connectivity index (χ0) is 16.6. The summed E-state index contributed by atoms with van der Waals surface area (Å²) in [6.45, 7) is 13.3. The molecule has 0 aromatic carbocycles. The molecule has 0 amide bonds. The van der Waals surface area contributed by atoms with Gasteiger partial charge in [-0.3, -0.25) is 0 Å². The van der Waals surface area contributed by atoms with Crippen LogP contribution in [0.5, 0.6) is 0 Å². The van der Waals surface area contributed by atoms with Gasteiger partial charge in [0.15, 0.2) is 0 Å². The Morgan fingerprint density at radius 1 is 0.826 bits per heavy atom. The van der Waals surface area contributed by atoms with Crippen LogP contribution in [0.15, 0.2) is 0 Å². The van der Waals surface area contributed by atoms with Crippen LogP contribution in [0.4, 0.5) is 0 Å². The molecule has 136 valence electrons. The fourth-order valence-electron chi connectivity index (χ4n) is 4.25. The molecule has 0 aromatic heterocycles. The predicted octanol–water partition coefficient (Wildman–Crippen LogP) is 2.92. The molecule has 0 aliphatic carbocycles. The van der Waals surface area contributed by atoms with Crippen LogP contribution in [0.25, 0.3) is 0 Å². The van der Waals surface area contributed by atoms with Gasteiger partial charge in [0.1, 0.15) is 0 Å². The van der Waals surface area contributed by atoms with Gasteiger partial charge in [-0.2, -0.15) is 0 Å². The quantitative estimate of drug-likeness (QED) is 0.742. The predicted molar refractivity (Wildman–Crippen MR) is 95.9 cm³/mol. The van der Waals surface area contributed by atoms with Crippen LogP contribution in [0.2, 0.25) is 0 Å². The number of rotatable bonds is 0. The second kappa shape index (κ2) is 9.36. The highest BCUT2D eigenvalue weighted by molar-refractivity contribution is 4.94. The van der Waals surface area contributed by atoms with Crippen molar-refractivity contribution >= 4 is 0 Å². The lowest BCUT2D eigenvalue weighted by Crippen LogP contribution is -2.56. The molecule has 4 fully saturated rings. The van der Waals surface area contributed by atoms with E-state index in [1.165, 1.54) is 64.7 Å². The van der Waals surface area contributed by atoms with Crippen LogP contribution in [-0.2, 0) is 9.47 Å². The topological polar surface area (TPSA) is 33.7 Å². The van der Waals surface area contributed by atoms with Gasteiger partial charge in [-0.25, -0.2) is 0 Å². The highest BCUT2D eigenvalue weighted by Crippen LogP contribution is 2.38. The van der Waals surface area contributed by atoms with E-state index in [-0.39, 0.29) is 0 Å². The fourth-order valence-corrected chi connectivity index (χ4v) is 4.25. The van der Waals surface area contributed by atoms with E-state index in [1.54, 1.807) is 0 Å². The second-order valence-corrected chi connectivity index (χ2v) is 8.03. The van der Waals surface area contributed by atoms with Crippen LogP contribution >= 0.6 is 0 Å². The number of nitrogens with one attached hydrogen (secondary N) is 1. The summed E-state index contributed by atoms with van der Waals surface area (Å²) in [5, 5.41) is 3.43. The Hall–Kier alpha value is -0.160. The molecule has 2 spiro atoms. The largest absolute Gasteiger partial charge is 0.381 e. The molecule has 0 saturated carbocycles. The summed E-state index contributed by atoms with van der Waals surface area (Å²) in [5.74, 6) is 0. The Morgan fingerprint density at radius 2 is 1.30 bits per heavy atom. The molecule has 0 radical (unpaired) electrons. The van der Waals surface area contributed by atoms with E-state index < -0.39 is 0 Å². The molecule has 0 aromatic rings. The van der Waals surface area contributed by atoms with Crippen LogP contribution in [0.3, 0.4) is 0 Å². The zero-order valence-corrected chi connectivity index (χ0v) is 15.7. The molecule has 0 bridgehead atoms. The molecule has 4 saturated heterocycles. The van der Waals surface area contributed by atoms with Crippen molar-refractivity contribution in [2.24, 2.45) is 10.8 Å². The molecule has 23 heavy (non-hydrogen) atoms. The van der Waals surface area contributed by atoms with E-state index in [9.17, 15) is 0 Å². The first kappa shape index (κ1) is 19.2. The SMILES string of the molecule is C1CC2(CCOCC2)CN1.CCC.CN1CC2(CCOCC2)C1. The van der Waals surface area contributed by atoms with E-state index in [0.29, 0.717) is 10.8 Å². The van der Waals surface area contributed by atoms with Crippen LogP contribution in [0.1, 0.15) is 52.4 Å². The zero-order valence-electron chi connectivity index (χ0n) is 15.7. The number of ether oxygens (including phenoxy) is 2. The van der Waals surface area contributed by atoms with Gasteiger partial charge in [0.25, 0.3) is 0 Å². The summed E-state index contributed by atoms with van der Waals surface area (Å²) < 4.78 is 10.6. The Labute approximate surface area is 143 Å². The van der Waals surface area contributed by atoms with E-state index >= 15 is 0 Å². The van der Waals surface area contributed by atoms with Gasteiger partial charge in [-0.1, -0.05) is 20.3 Å². The number of hydrogen-bond acceptors (Lipinski definition) is 4. The summed E-state index contributed by atoms with van der Waals surface area (Å²) in [6, 6.07) is 0. The lowest BCUT2D eigenvalue weighted by Gasteiger charge is -2.50. The molecule has 0 unspecified atom stereocenters. The lowest BCUT2D eigenvalue weighted by molar-refractivity contribution is -0.0698. The van der Waals surface area contributed by atoms with Gasteiger partial charge in [-0.15, -0.1) is 0 Å². The minimum Gasteiger partial charge on any atom is -0.381 e. The summed E-state index contributed by atoms with van der Waals surface area (Å²) in [7, 11) is 2.20.